The molecule has 1 amide bonds. The van der Waals surface area contributed by atoms with E-state index in [4.69, 9.17) is 5.73 Å². The zero-order valence-electron chi connectivity index (χ0n) is 6.66. The molecule has 3 nitrogen and oxygen atoms in total. The first-order valence-electron chi connectivity index (χ1n) is 3.45. The topological polar surface area (TPSA) is 55.1 Å². The molecular formula is C8H10N2OS. The first kappa shape index (κ1) is 8.93. The lowest BCUT2D eigenvalue weighted by molar-refractivity contribution is 0.0963. The van der Waals surface area contributed by atoms with Crippen LogP contribution in [0.5, 0.6) is 0 Å². The van der Waals surface area contributed by atoms with Crippen LogP contribution < -0.4 is 11.1 Å². The highest BCUT2D eigenvalue weighted by Crippen LogP contribution is 2.17. The minimum absolute atomic E-state index is 0.143. The van der Waals surface area contributed by atoms with Gasteiger partial charge < -0.3 is 11.1 Å². The fraction of sp³-hybridized carbons (Fsp3) is 0.125. The molecular weight excluding hydrogens is 172 g/mol. The van der Waals surface area contributed by atoms with Gasteiger partial charge in [-0.15, -0.1) is 12.6 Å². The SMILES string of the molecule is CNC(=O)c1ccc(S)c(N)c1. The van der Waals surface area contributed by atoms with E-state index in [2.05, 4.69) is 17.9 Å². The molecule has 0 spiro atoms. The lowest BCUT2D eigenvalue weighted by Gasteiger charge is -2.02. The Hall–Kier alpha value is -1.16. The van der Waals surface area contributed by atoms with Crippen molar-refractivity contribution in [2.75, 3.05) is 12.8 Å². The van der Waals surface area contributed by atoms with Crippen LogP contribution in [0.3, 0.4) is 0 Å². The summed E-state index contributed by atoms with van der Waals surface area (Å²) in [5.74, 6) is -0.143. The molecule has 1 aromatic rings. The van der Waals surface area contributed by atoms with Gasteiger partial charge in [-0.05, 0) is 18.2 Å². The molecule has 4 heteroatoms. The molecule has 0 aliphatic rings. The minimum atomic E-state index is -0.143. The van der Waals surface area contributed by atoms with E-state index in [0.29, 0.717) is 16.1 Å². The predicted octanol–water partition coefficient (Wildman–Crippen LogP) is 0.917. The minimum Gasteiger partial charge on any atom is -0.398 e. The van der Waals surface area contributed by atoms with Gasteiger partial charge in [-0.2, -0.15) is 0 Å². The molecule has 0 aliphatic heterocycles. The molecule has 0 atom stereocenters. The molecule has 1 rings (SSSR count). The van der Waals surface area contributed by atoms with Crippen LogP contribution in [0.4, 0.5) is 5.69 Å². The quantitative estimate of drug-likeness (QED) is 0.447. The van der Waals surface area contributed by atoms with E-state index in [1.54, 1.807) is 25.2 Å². The van der Waals surface area contributed by atoms with Gasteiger partial charge >= 0.3 is 0 Å². The third-order valence-electron chi connectivity index (χ3n) is 1.52. The molecule has 0 saturated carbocycles. The number of hydrogen-bond donors (Lipinski definition) is 3. The van der Waals surface area contributed by atoms with Crippen LogP contribution in [0.25, 0.3) is 0 Å². The Kier molecular flexibility index (Phi) is 2.60. The third kappa shape index (κ3) is 1.71. The Morgan fingerprint density at radius 1 is 1.58 bits per heavy atom. The monoisotopic (exact) mass is 182 g/mol. The van der Waals surface area contributed by atoms with E-state index in [1.807, 2.05) is 0 Å². The summed E-state index contributed by atoms with van der Waals surface area (Å²) in [6, 6.07) is 4.97. The van der Waals surface area contributed by atoms with E-state index >= 15 is 0 Å². The van der Waals surface area contributed by atoms with Gasteiger partial charge in [0.2, 0.25) is 0 Å². The number of nitrogens with one attached hydrogen (secondary N) is 1. The number of anilines is 1. The number of benzene rings is 1. The first-order valence-corrected chi connectivity index (χ1v) is 3.90. The number of hydrogen-bond acceptors (Lipinski definition) is 3. The van der Waals surface area contributed by atoms with Gasteiger partial charge in [-0.3, -0.25) is 4.79 Å². The normalized spacial score (nSPS) is 9.50. The Balaban J connectivity index is 3.05. The molecule has 0 saturated heterocycles. The Morgan fingerprint density at radius 2 is 2.25 bits per heavy atom. The molecule has 12 heavy (non-hydrogen) atoms. The van der Waals surface area contributed by atoms with Gasteiger partial charge in [0.1, 0.15) is 0 Å². The van der Waals surface area contributed by atoms with Crippen molar-refractivity contribution in [3.8, 4) is 0 Å². The largest absolute Gasteiger partial charge is 0.398 e. The summed E-state index contributed by atoms with van der Waals surface area (Å²) in [5.41, 5.74) is 6.62. The second-order valence-corrected chi connectivity index (χ2v) is 2.83. The molecule has 0 aromatic heterocycles. The highest BCUT2D eigenvalue weighted by molar-refractivity contribution is 7.80. The molecule has 64 valence electrons. The fourth-order valence-electron chi connectivity index (χ4n) is 0.840. The van der Waals surface area contributed by atoms with Crippen molar-refractivity contribution in [1.29, 1.82) is 0 Å². The van der Waals surface area contributed by atoms with E-state index in [1.165, 1.54) is 0 Å². The standard InChI is InChI=1S/C8H10N2OS/c1-10-8(11)5-2-3-7(12)6(9)4-5/h2-4,12H,9H2,1H3,(H,10,11). The van der Waals surface area contributed by atoms with E-state index < -0.39 is 0 Å². The lowest BCUT2D eigenvalue weighted by atomic mass is 10.2. The highest BCUT2D eigenvalue weighted by Gasteiger charge is 2.03. The maximum Gasteiger partial charge on any atom is 0.251 e. The van der Waals surface area contributed by atoms with Crippen molar-refractivity contribution in [1.82, 2.24) is 5.32 Å². The second kappa shape index (κ2) is 3.49. The molecule has 0 bridgehead atoms. The number of rotatable bonds is 1. The lowest BCUT2D eigenvalue weighted by Crippen LogP contribution is -2.17. The Labute approximate surface area is 76.4 Å². The van der Waals surface area contributed by atoms with Crippen molar-refractivity contribution in [3.05, 3.63) is 23.8 Å². The van der Waals surface area contributed by atoms with Crippen LogP contribution in [0.2, 0.25) is 0 Å². The molecule has 3 N–H and O–H groups in total. The molecule has 0 unspecified atom stereocenters. The summed E-state index contributed by atoms with van der Waals surface area (Å²) >= 11 is 4.09. The van der Waals surface area contributed by atoms with Crippen molar-refractivity contribution in [2.24, 2.45) is 0 Å². The van der Waals surface area contributed by atoms with Crippen LogP contribution >= 0.6 is 12.6 Å². The number of carbonyl (C=O) groups excluding carboxylic acids is 1. The molecule has 0 aliphatic carbocycles. The van der Waals surface area contributed by atoms with Crippen molar-refractivity contribution in [2.45, 2.75) is 4.90 Å². The summed E-state index contributed by atoms with van der Waals surface area (Å²) < 4.78 is 0. The number of carbonyl (C=O) groups is 1. The first-order chi connectivity index (χ1) is 5.65. The van der Waals surface area contributed by atoms with Crippen molar-refractivity contribution >= 4 is 24.2 Å². The molecule has 0 fully saturated rings. The van der Waals surface area contributed by atoms with Gasteiger partial charge in [-0.1, -0.05) is 0 Å². The average Bonchev–Trinajstić information content (AvgIpc) is 2.08. The van der Waals surface area contributed by atoms with Crippen LogP contribution in [0, 0.1) is 0 Å². The highest BCUT2D eigenvalue weighted by atomic mass is 32.1. The van der Waals surface area contributed by atoms with Crippen molar-refractivity contribution in [3.63, 3.8) is 0 Å². The Bertz CT molecular complexity index is 312. The number of nitrogens with two attached hydrogens (primary N) is 1. The predicted molar refractivity (Wildman–Crippen MR) is 51.5 cm³/mol. The number of thiol groups is 1. The maximum absolute atomic E-state index is 11.1. The Morgan fingerprint density at radius 3 is 2.75 bits per heavy atom. The van der Waals surface area contributed by atoms with Crippen LogP contribution in [0.15, 0.2) is 23.1 Å². The number of amides is 1. The summed E-state index contributed by atoms with van der Waals surface area (Å²) in [4.78, 5) is 11.8. The summed E-state index contributed by atoms with van der Waals surface area (Å²) in [6.45, 7) is 0. The van der Waals surface area contributed by atoms with Crippen LogP contribution in [-0.2, 0) is 0 Å². The van der Waals surface area contributed by atoms with Crippen molar-refractivity contribution < 1.29 is 4.79 Å². The summed E-state index contributed by atoms with van der Waals surface area (Å²) in [7, 11) is 1.58. The zero-order valence-corrected chi connectivity index (χ0v) is 7.56. The van der Waals surface area contributed by atoms with Gasteiger partial charge in [-0.25, -0.2) is 0 Å². The molecule has 0 radical (unpaired) electrons. The van der Waals surface area contributed by atoms with E-state index in [-0.39, 0.29) is 5.91 Å². The summed E-state index contributed by atoms with van der Waals surface area (Å²) in [5, 5.41) is 2.51. The smallest absolute Gasteiger partial charge is 0.251 e. The van der Waals surface area contributed by atoms with Gasteiger partial charge in [0.25, 0.3) is 5.91 Å². The third-order valence-corrected chi connectivity index (χ3v) is 1.92. The summed E-state index contributed by atoms with van der Waals surface area (Å²) in [6.07, 6.45) is 0. The zero-order chi connectivity index (χ0) is 9.14. The number of nitrogen functional groups attached to an aromatic ring is 1. The van der Waals surface area contributed by atoms with Gasteiger partial charge in [0, 0.05) is 23.2 Å². The maximum atomic E-state index is 11.1. The van der Waals surface area contributed by atoms with Crippen LogP contribution in [-0.4, -0.2) is 13.0 Å². The van der Waals surface area contributed by atoms with Crippen LogP contribution in [0.1, 0.15) is 10.4 Å². The average molecular weight is 182 g/mol. The molecule has 1 aromatic carbocycles. The fourth-order valence-corrected chi connectivity index (χ4v) is 0.979. The van der Waals surface area contributed by atoms with Gasteiger partial charge in [0.05, 0.1) is 0 Å². The van der Waals surface area contributed by atoms with E-state index in [9.17, 15) is 4.79 Å². The molecule has 0 heterocycles. The van der Waals surface area contributed by atoms with E-state index in [0.717, 1.165) is 0 Å². The second-order valence-electron chi connectivity index (χ2n) is 2.35. The van der Waals surface area contributed by atoms with Gasteiger partial charge in [0.15, 0.2) is 0 Å².